The lowest BCUT2D eigenvalue weighted by molar-refractivity contribution is -0.140. The van der Waals surface area contributed by atoms with E-state index in [0.29, 0.717) is 10.7 Å². The SMILES string of the molecule is COC(=O)c1cc(Cl)ccc1NC(=O)CC1(CC(=O)O)CCCCC1. The summed E-state index contributed by atoms with van der Waals surface area (Å²) in [7, 11) is 1.25. The second kappa shape index (κ2) is 8.34. The summed E-state index contributed by atoms with van der Waals surface area (Å²) < 4.78 is 4.71. The number of methoxy groups -OCH3 is 1. The minimum atomic E-state index is -0.892. The maximum Gasteiger partial charge on any atom is 0.340 e. The van der Waals surface area contributed by atoms with Crippen LogP contribution in [-0.4, -0.2) is 30.1 Å². The molecule has 1 aromatic carbocycles. The second-order valence-electron chi connectivity index (χ2n) is 6.54. The van der Waals surface area contributed by atoms with Crippen LogP contribution in [0.15, 0.2) is 18.2 Å². The van der Waals surface area contributed by atoms with Crippen molar-refractivity contribution in [3.05, 3.63) is 28.8 Å². The van der Waals surface area contributed by atoms with Gasteiger partial charge in [-0.15, -0.1) is 0 Å². The van der Waals surface area contributed by atoms with Crippen molar-refractivity contribution in [2.75, 3.05) is 12.4 Å². The lowest BCUT2D eigenvalue weighted by Gasteiger charge is -2.35. The molecule has 1 aliphatic rings. The van der Waals surface area contributed by atoms with Gasteiger partial charge < -0.3 is 15.2 Å². The van der Waals surface area contributed by atoms with Gasteiger partial charge in [0.25, 0.3) is 0 Å². The van der Waals surface area contributed by atoms with E-state index in [-0.39, 0.29) is 24.3 Å². The maximum atomic E-state index is 12.5. The van der Waals surface area contributed by atoms with E-state index in [9.17, 15) is 19.5 Å². The van der Waals surface area contributed by atoms with Crippen LogP contribution in [0, 0.1) is 5.41 Å². The van der Waals surface area contributed by atoms with E-state index in [1.807, 2.05) is 0 Å². The van der Waals surface area contributed by atoms with E-state index >= 15 is 0 Å². The average Bonchev–Trinajstić information content (AvgIpc) is 2.55. The molecule has 25 heavy (non-hydrogen) atoms. The number of hydrogen-bond acceptors (Lipinski definition) is 4. The van der Waals surface area contributed by atoms with Gasteiger partial charge in [0.05, 0.1) is 24.8 Å². The molecule has 1 saturated carbocycles. The Hall–Kier alpha value is -2.08. The maximum absolute atomic E-state index is 12.5. The average molecular weight is 368 g/mol. The molecule has 1 aliphatic carbocycles. The van der Waals surface area contributed by atoms with E-state index < -0.39 is 17.4 Å². The van der Waals surface area contributed by atoms with Crippen molar-refractivity contribution in [3.63, 3.8) is 0 Å². The number of halogens is 1. The summed E-state index contributed by atoms with van der Waals surface area (Å²) in [5.74, 6) is -1.80. The molecule has 6 nitrogen and oxygen atoms in total. The number of ether oxygens (including phenoxy) is 1. The Bertz CT molecular complexity index is 667. The molecule has 0 saturated heterocycles. The van der Waals surface area contributed by atoms with E-state index in [2.05, 4.69) is 5.32 Å². The van der Waals surface area contributed by atoms with E-state index in [1.54, 1.807) is 6.07 Å². The van der Waals surface area contributed by atoms with Gasteiger partial charge in [-0.05, 0) is 36.5 Å². The molecule has 2 rings (SSSR count). The quantitative estimate of drug-likeness (QED) is 0.744. The number of anilines is 1. The van der Waals surface area contributed by atoms with Crippen molar-refractivity contribution >= 4 is 35.1 Å². The third-order valence-electron chi connectivity index (χ3n) is 4.64. The highest BCUT2D eigenvalue weighted by Gasteiger charge is 2.36. The van der Waals surface area contributed by atoms with Crippen LogP contribution < -0.4 is 5.32 Å². The van der Waals surface area contributed by atoms with Crippen molar-refractivity contribution in [1.82, 2.24) is 0 Å². The normalized spacial score (nSPS) is 16.1. The zero-order chi connectivity index (χ0) is 18.4. The van der Waals surface area contributed by atoms with E-state index in [4.69, 9.17) is 16.3 Å². The van der Waals surface area contributed by atoms with Gasteiger partial charge in [0.1, 0.15) is 0 Å². The molecule has 0 aromatic heterocycles. The minimum absolute atomic E-state index is 0.0229. The molecule has 1 amide bonds. The number of carboxylic acids is 1. The molecule has 0 spiro atoms. The van der Waals surface area contributed by atoms with Crippen LogP contribution in [0.1, 0.15) is 55.3 Å². The fourth-order valence-corrected chi connectivity index (χ4v) is 3.65. The number of nitrogens with one attached hydrogen (secondary N) is 1. The highest BCUT2D eigenvalue weighted by atomic mass is 35.5. The summed E-state index contributed by atoms with van der Waals surface area (Å²) in [4.78, 5) is 35.6. The summed E-state index contributed by atoms with van der Waals surface area (Å²) >= 11 is 5.90. The molecule has 0 unspecified atom stereocenters. The first-order valence-electron chi connectivity index (χ1n) is 8.25. The second-order valence-corrected chi connectivity index (χ2v) is 6.97. The Labute approximate surface area is 151 Å². The van der Waals surface area contributed by atoms with Gasteiger partial charge in [-0.2, -0.15) is 0 Å². The Balaban J connectivity index is 2.16. The Morgan fingerprint density at radius 1 is 1.20 bits per heavy atom. The van der Waals surface area contributed by atoms with E-state index in [1.165, 1.54) is 19.2 Å². The van der Waals surface area contributed by atoms with Crippen molar-refractivity contribution in [2.45, 2.75) is 44.9 Å². The number of rotatable bonds is 6. The number of esters is 1. The smallest absolute Gasteiger partial charge is 0.340 e. The number of benzene rings is 1. The molecule has 1 fully saturated rings. The lowest BCUT2D eigenvalue weighted by atomic mass is 9.69. The predicted molar refractivity (Wildman–Crippen MR) is 93.8 cm³/mol. The molecule has 0 aliphatic heterocycles. The van der Waals surface area contributed by atoms with E-state index in [0.717, 1.165) is 32.1 Å². The Morgan fingerprint density at radius 2 is 1.88 bits per heavy atom. The molecule has 2 N–H and O–H groups in total. The first kappa shape index (κ1) is 19.2. The first-order valence-corrected chi connectivity index (χ1v) is 8.62. The van der Waals surface area contributed by atoms with Crippen LogP contribution in [0.2, 0.25) is 5.02 Å². The monoisotopic (exact) mass is 367 g/mol. The van der Waals surface area contributed by atoms with Crippen molar-refractivity contribution in [1.29, 1.82) is 0 Å². The van der Waals surface area contributed by atoms with Gasteiger partial charge in [0, 0.05) is 11.4 Å². The molecular formula is C18H22ClNO5. The van der Waals surface area contributed by atoms with Crippen LogP contribution in [0.25, 0.3) is 0 Å². The van der Waals surface area contributed by atoms with Gasteiger partial charge in [-0.3, -0.25) is 9.59 Å². The van der Waals surface area contributed by atoms with Crippen LogP contribution in [0.5, 0.6) is 0 Å². The van der Waals surface area contributed by atoms with Crippen molar-refractivity contribution in [2.24, 2.45) is 5.41 Å². The minimum Gasteiger partial charge on any atom is -0.481 e. The fourth-order valence-electron chi connectivity index (χ4n) is 3.48. The highest BCUT2D eigenvalue weighted by molar-refractivity contribution is 6.31. The topological polar surface area (TPSA) is 92.7 Å². The van der Waals surface area contributed by atoms with Gasteiger partial charge in [0.2, 0.25) is 5.91 Å². The van der Waals surface area contributed by atoms with Crippen LogP contribution in [-0.2, 0) is 14.3 Å². The van der Waals surface area contributed by atoms with Gasteiger partial charge in [0.15, 0.2) is 0 Å². The molecule has 7 heteroatoms. The summed E-state index contributed by atoms with van der Waals surface area (Å²) in [5.41, 5.74) is -0.0479. The summed E-state index contributed by atoms with van der Waals surface area (Å²) in [6, 6.07) is 4.53. The van der Waals surface area contributed by atoms with Gasteiger partial charge in [-0.25, -0.2) is 4.79 Å². The highest BCUT2D eigenvalue weighted by Crippen LogP contribution is 2.42. The first-order chi connectivity index (χ1) is 11.8. The lowest BCUT2D eigenvalue weighted by Crippen LogP contribution is -2.32. The van der Waals surface area contributed by atoms with Crippen LogP contribution in [0.3, 0.4) is 0 Å². The molecule has 0 bridgehead atoms. The number of aliphatic carboxylic acids is 1. The number of hydrogen-bond donors (Lipinski definition) is 2. The van der Waals surface area contributed by atoms with Crippen molar-refractivity contribution in [3.8, 4) is 0 Å². The zero-order valence-electron chi connectivity index (χ0n) is 14.1. The standard InChI is InChI=1S/C18H22ClNO5/c1-25-17(24)13-9-12(19)5-6-14(13)20-15(21)10-18(11-16(22)23)7-3-2-4-8-18/h5-6,9H,2-4,7-8,10-11H2,1H3,(H,20,21)(H,22,23). The summed E-state index contributed by atoms with van der Waals surface area (Å²) in [5, 5.41) is 12.3. The molecule has 0 heterocycles. The Morgan fingerprint density at radius 3 is 2.48 bits per heavy atom. The molecule has 0 atom stereocenters. The third-order valence-corrected chi connectivity index (χ3v) is 4.87. The van der Waals surface area contributed by atoms with Gasteiger partial charge in [-0.1, -0.05) is 30.9 Å². The number of carboxylic acid groups (broad SMARTS) is 1. The number of carbonyl (C=O) groups is 3. The third kappa shape index (κ3) is 5.19. The zero-order valence-corrected chi connectivity index (χ0v) is 14.9. The van der Waals surface area contributed by atoms with Crippen LogP contribution >= 0.6 is 11.6 Å². The Kier molecular flexibility index (Phi) is 6.42. The summed E-state index contributed by atoms with van der Waals surface area (Å²) in [6.07, 6.45) is 4.44. The number of carbonyl (C=O) groups excluding carboxylic acids is 2. The summed E-state index contributed by atoms with van der Waals surface area (Å²) in [6.45, 7) is 0. The molecule has 1 aromatic rings. The fraction of sp³-hybridized carbons (Fsp3) is 0.500. The van der Waals surface area contributed by atoms with Crippen molar-refractivity contribution < 1.29 is 24.2 Å². The molecule has 0 radical (unpaired) electrons. The molecular weight excluding hydrogens is 346 g/mol. The largest absolute Gasteiger partial charge is 0.481 e. The van der Waals surface area contributed by atoms with Crippen LogP contribution in [0.4, 0.5) is 5.69 Å². The predicted octanol–water partition coefficient (Wildman–Crippen LogP) is 3.88. The number of amides is 1. The molecule has 136 valence electrons. The van der Waals surface area contributed by atoms with Gasteiger partial charge >= 0.3 is 11.9 Å².